The van der Waals surface area contributed by atoms with E-state index in [9.17, 15) is 0 Å². The molecule has 3 atom stereocenters. The van der Waals surface area contributed by atoms with E-state index in [4.69, 9.17) is 14.7 Å². The zero-order valence-corrected chi connectivity index (χ0v) is 13.0. The van der Waals surface area contributed by atoms with E-state index in [2.05, 4.69) is 19.9 Å². The molecule has 0 N–H and O–H groups in total. The third-order valence-corrected chi connectivity index (χ3v) is 4.20. The Balaban J connectivity index is 1.83. The minimum Gasteiger partial charge on any atom is -0.348 e. The predicted molar refractivity (Wildman–Crippen MR) is 82.6 cm³/mol. The zero-order chi connectivity index (χ0) is 15.1. The van der Waals surface area contributed by atoms with Gasteiger partial charge in [-0.2, -0.15) is 5.26 Å². The van der Waals surface area contributed by atoms with Gasteiger partial charge in [0.15, 0.2) is 6.29 Å². The molecular formula is C18H25NO2. The molecule has 1 aliphatic rings. The fourth-order valence-electron chi connectivity index (χ4n) is 2.73. The van der Waals surface area contributed by atoms with Crippen molar-refractivity contribution in [2.75, 3.05) is 6.61 Å². The van der Waals surface area contributed by atoms with Crippen molar-refractivity contribution in [3.8, 4) is 6.07 Å². The van der Waals surface area contributed by atoms with Crippen LogP contribution in [-0.4, -0.2) is 12.7 Å². The Bertz CT molecular complexity index is 463. The normalized spacial score (nSPS) is 25.5. The molecule has 0 saturated carbocycles. The Morgan fingerprint density at radius 1 is 1.19 bits per heavy atom. The highest BCUT2D eigenvalue weighted by Crippen LogP contribution is 2.31. The Hall–Kier alpha value is -1.37. The second kappa shape index (κ2) is 8.17. The van der Waals surface area contributed by atoms with Crippen LogP contribution in [-0.2, 0) is 9.47 Å². The van der Waals surface area contributed by atoms with Gasteiger partial charge in [-0.1, -0.05) is 44.7 Å². The van der Waals surface area contributed by atoms with Gasteiger partial charge < -0.3 is 9.47 Å². The van der Waals surface area contributed by atoms with Gasteiger partial charge >= 0.3 is 0 Å². The largest absolute Gasteiger partial charge is 0.348 e. The van der Waals surface area contributed by atoms with Crippen LogP contribution in [0.4, 0.5) is 0 Å². The van der Waals surface area contributed by atoms with E-state index in [1.807, 2.05) is 24.3 Å². The summed E-state index contributed by atoms with van der Waals surface area (Å²) in [6.45, 7) is 5.14. The molecule has 3 nitrogen and oxygen atoms in total. The maximum atomic E-state index is 8.82. The minimum absolute atomic E-state index is 0.223. The Morgan fingerprint density at radius 2 is 1.95 bits per heavy atom. The standard InChI is InChI=1S/C18H25NO2/c1-3-4-5-6-7-17-13-20-18(21-14(17)2)16-10-8-15(12-19)9-11-16/h8-11,14,17-18H,3-7,13H2,1-2H3. The molecular weight excluding hydrogens is 262 g/mol. The van der Waals surface area contributed by atoms with Crippen LogP contribution in [0.25, 0.3) is 0 Å². The van der Waals surface area contributed by atoms with Crippen molar-refractivity contribution in [1.82, 2.24) is 0 Å². The quantitative estimate of drug-likeness (QED) is 0.719. The second-order valence-electron chi connectivity index (χ2n) is 5.85. The van der Waals surface area contributed by atoms with Crippen molar-refractivity contribution in [1.29, 1.82) is 5.26 Å². The fraction of sp³-hybridized carbons (Fsp3) is 0.611. The lowest BCUT2D eigenvalue weighted by atomic mass is 9.95. The summed E-state index contributed by atoms with van der Waals surface area (Å²) in [6.07, 6.45) is 6.27. The SMILES string of the molecule is CCCCCCC1COC(c2ccc(C#N)cc2)OC1C. The van der Waals surface area contributed by atoms with Gasteiger partial charge in [-0.25, -0.2) is 0 Å². The molecule has 2 rings (SSSR count). The fourth-order valence-corrected chi connectivity index (χ4v) is 2.73. The monoisotopic (exact) mass is 287 g/mol. The number of benzene rings is 1. The van der Waals surface area contributed by atoms with Crippen molar-refractivity contribution in [2.45, 2.75) is 58.3 Å². The number of nitrogens with zero attached hydrogens (tertiary/aromatic N) is 1. The topological polar surface area (TPSA) is 42.2 Å². The zero-order valence-electron chi connectivity index (χ0n) is 13.0. The molecule has 1 aromatic carbocycles. The summed E-state index contributed by atoms with van der Waals surface area (Å²) in [5, 5.41) is 8.82. The van der Waals surface area contributed by atoms with Crippen molar-refractivity contribution in [3.63, 3.8) is 0 Å². The van der Waals surface area contributed by atoms with E-state index in [1.165, 1.54) is 32.1 Å². The third kappa shape index (κ3) is 4.56. The average Bonchev–Trinajstić information content (AvgIpc) is 2.53. The van der Waals surface area contributed by atoms with Crippen LogP contribution in [0.3, 0.4) is 0 Å². The lowest BCUT2D eigenvalue weighted by Crippen LogP contribution is -2.34. The molecule has 1 aromatic rings. The molecule has 1 saturated heterocycles. The molecule has 3 heteroatoms. The number of ether oxygens (including phenoxy) is 2. The summed E-state index contributed by atoms with van der Waals surface area (Å²) in [6, 6.07) is 9.57. The third-order valence-electron chi connectivity index (χ3n) is 4.20. The van der Waals surface area contributed by atoms with E-state index in [1.54, 1.807) is 0 Å². The van der Waals surface area contributed by atoms with Gasteiger partial charge in [-0.05, 0) is 25.5 Å². The van der Waals surface area contributed by atoms with E-state index in [0.717, 1.165) is 12.2 Å². The van der Waals surface area contributed by atoms with Crippen LogP contribution in [0.1, 0.15) is 63.4 Å². The highest BCUT2D eigenvalue weighted by molar-refractivity contribution is 5.32. The van der Waals surface area contributed by atoms with Gasteiger partial charge in [-0.3, -0.25) is 0 Å². The number of unbranched alkanes of at least 4 members (excludes halogenated alkanes) is 3. The molecule has 3 unspecified atom stereocenters. The Labute approximate surface area is 127 Å². The van der Waals surface area contributed by atoms with Crippen LogP contribution >= 0.6 is 0 Å². The molecule has 1 fully saturated rings. The average molecular weight is 287 g/mol. The van der Waals surface area contributed by atoms with E-state index in [-0.39, 0.29) is 12.4 Å². The molecule has 114 valence electrons. The van der Waals surface area contributed by atoms with Gasteiger partial charge in [0.05, 0.1) is 24.3 Å². The van der Waals surface area contributed by atoms with Crippen molar-refractivity contribution in [2.24, 2.45) is 5.92 Å². The van der Waals surface area contributed by atoms with Crippen LogP contribution in [0.15, 0.2) is 24.3 Å². The second-order valence-corrected chi connectivity index (χ2v) is 5.85. The molecule has 0 aliphatic carbocycles. The van der Waals surface area contributed by atoms with Crippen molar-refractivity contribution in [3.05, 3.63) is 35.4 Å². The molecule has 1 aliphatic heterocycles. The van der Waals surface area contributed by atoms with Crippen LogP contribution in [0.5, 0.6) is 0 Å². The van der Waals surface area contributed by atoms with Crippen LogP contribution in [0, 0.1) is 17.2 Å². The Kier molecular flexibility index (Phi) is 6.22. The first-order chi connectivity index (χ1) is 10.2. The Morgan fingerprint density at radius 3 is 2.57 bits per heavy atom. The number of hydrogen-bond acceptors (Lipinski definition) is 3. The molecule has 0 radical (unpaired) electrons. The van der Waals surface area contributed by atoms with E-state index >= 15 is 0 Å². The van der Waals surface area contributed by atoms with Gasteiger partial charge in [0, 0.05) is 11.5 Å². The first kappa shape index (κ1) is 16.0. The molecule has 0 aromatic heterocycles. The highest BCUT2D eigenvalue weighted by atomic mass is 16.7. The summed E-state index contributed by atoms with van der Waals surface area (Å²) in [5.41, 5.74) is 1.65. The van der Waals surface area contributed by atoms with E-state index < -0.39 is 0 Å². The summed E-state index contributed by atoms with van der Waals surface area (Å²) in [5.74, 6) is 0.497. The lowest BCUT2D eigenvalue weighted by Gasteiger charge is -2.35. The predicted octanol–water partition coefficient (Wildman–Crippen LogP) is 4.58. The smallest absolute Gasteiger partial charge is 0.184 e. The molecule has 0 bridgehead atoms. The summed E-state index contributed by atoms with van der Waals surface area (Å²) < 4.78 is 11.9. The minimum atomic E-state index is -0.292. The molecule has 0 amide bonds. The van der Waals surface area contributed by atoms with E-state index in [0.29, 0.717) is 11.5 Å². The first-order valence-corrected chi connectivity index (χ1v) is 8.01. The maximum Gasteiger partial charge on any atom is 0.184 e. The first-order valence-electron chi connectivity index (χ1n) is 8.01. The van der Waals surface area contributed by atoms with Gasteiger partial charge in [0.2, 0.25) is 0 Å². The van der Waals surface area contributed by atoms with Crippen molar-refractivity contribution < 1.29 is 9.47 Å². The molecule has 0 spiro atoms. The van der Waals surface area contributed by atoms with Gasteiger partial charge in [0.25, 0.3) is 0 Å². The summed E-state index contributed by atoms with van der Waals surface area (Å²) in [7, 11) is 0. The van der Waals surface area contributed by atoms with Crippen LogP contribution < -0.4 is 0 Å². The lowest BCUT2D eigenvalue weighted by molar-refractivity contribution is -0.237. The maximum absolute atomic E-state index is 8.82. The summed E-state index contributed by atoms with van der Waals surface area (Å²) in [4.78, 5) is 0. The molecule has 1 heterocycles. The van der Waals surface area contributed by atoms with Crippen molar-refractivity contribution >= 4 is 0 Å². The number of hydrogen-bond donors (Lipinski definition) is 0. The van der Waals surface area contributed by atoms with Gasteiger partial charge in [-0.15, -0.1) is 0 Å². The highest BCUT2D eigenvalue weighted by Gasteiger charge is 2.29. The molecule has 21 heavy (non-hydrogen) atoms. The van der Waals surface area contributed by atoms with Gasteiger partial charge in [0.1, 0.15) is 0 Å². The summed E-state index contributed by atoms with van der Waals surface area (Å²) >= 11 is 0. The number of nitriles is 1. The number of rotatable bonds is 6. The van der Waals surface area contributed by atoms with Crippen LogP contribution in [0.2, 0.25) is 0 Å².